The van der Waals surface area contributed by atoms with Gasteiger partial charge in [0.15, 0.2) is 0 Å². The summed E-state index contributed by atoms with van der Waals surface area (Å²) in [5.41, 5.74) is 1.36. The summed E-state index contributed by atoms with van der Waals surface area (Å²) in [7, 11) is 0. The van der Waals surface area contributed by atoms with Crippen LogP contribution in [0.3, 0.4) is 0 Å². The zero-order valence-corrected chi connectivity index (χ0v) is 14.0. The van der Waals surface area contributed by atoms with Crippen molar-refractivity contribution in [1.82, 2.24) is 15.2 Å². The lowest BCUT2D eigenvalue weighted by Gasteiger charge is -2.32. The van der Waals surface area contributed by atoms with Gasteiger partial charge in [-0.05, 0) is 48.9 Å². The lowest BCUT2D eigenvalue weighted by molar-refractivity contribution is 0.170. The van der Waals surface area contributed by atoms with E-state index in [1.165, 1.54) is 6.07 Å². The number of hydrogen-bond acceptors (Lipinski definition) is 2. The number of nitrogens with zero attached hydrogens (tertiary/aromatic N) is 1. The number of urea groups is 1. The fourth-order valence-electron chi connectivity index (χ4n) is 3.22. The first-order valence-electron chi connectivity index (χ1n) is 8.55. The molecule has 0 aliphatic carbocycles. The largest absolute Gasteiger partial charge is 0.334 e. The summed E-state index contributed by atoms with van der Waals surface area (Å²) in [4.78, 5) is 28.2. The summed E-state index contributed by atoms with van der Waals surface area (Å²) in [5, 5.41) is 2.80. The Bertz CT molecular complexity index is 782. The van der Waals surface area contributed by atoms with Crippen LogP contribution in [0, 0.1) is 11.7 Å². The summed E-state index contributed by atoms with van der Waals surface area (Å²) in [6.45, 7) is 1.58. The molecule has 3 rings (SSSR count). The highest BCUT2D eigenvalue weighted by Gasteiger charge is 2.23. The van der Waals surface area contributed by atoms with Crippen molar-refractivity contribution < 1.29 is 9.18 Å². The minimum absolute atomic E-state index is 0.146. The molecule has 0 bridgehead atoms. The highest BCUT2D eigenvalue weighted by atomic mass is 19.1. The van der Waals surface area contributed by atoms with Gasteiger partial charge in [0.1, 0.15) is 5.82 Å². The van der Waals surface area contributed by atoms with Gasteiger partial charge in [-0.2, -0.15) is 0 Å². The van der Waals surface area contributed by atoms with Gasteiger partial charge in [0, 0.05) is 31.4 Å². The maximum atomic E-state index is 13.3. The molecule has 0 atom stereocenters. The van der Waals surface area contributed by atoms with Crippen molar-refractivity contribution in [3.8, 4) is 0 Å². The predicted molar refractivity (Wildman–Crippen MR) is 93.7 cm³/mol. The molecule has 2 N–H and O–H groups in total. The lowest BCUT2D eigenvalue weighted by atomic mass is 9.90. The van der Waals surface area contributed by atoms with Crippen LogP contribution in [0.4, 0.5) is 9.18 Å². The number of amides is 2. The molecule has 2 amide bonds. The highest BCUT2D eigenvalue weighted by molar-refractivity contribution is 5.74. The van der Waals surface area contributed by atoms with E-state index >= 15 is 0 Å². The van der Waals surface area contributed by atoms with Crippen LogP contribution < -0.4 is 10.9 Å². The maximum Gasteiger partial charge on any atom is 0.317 e. The van der Waals surface area contributed by atoms with E-state index < -0.39 is 0 Å². The number of rotatable bonds is 4. The molecule has 2 heterocycles. The first-order chi connectivity index (χ1) is 12.1. The Morgan fingerprint density at radius 1 is 1.24 bits per heavy atom. The van der Waals surface area contributed by atoms with Crippen molar-refractivity contribution in [2.24, 2.45) is 5.92 Å². The van der Waals surface area contributed by atoms with Gasteiger partial charge in [0.05, 0.1) is 0 Å². The molecule has 1 aromatic heterocycles. The molecule has 25 heavy (non-hydrogen) atoms. The van der Waals surface area contributed by atoms with Crippen LogP contribution in [0.5, 0.6) is 0 Å². The molecular weight excluding hydrogens is 321 g/mol. The van der Waals surface area contributed by atoms with Gasteiger partial charge in [-0.25, -0.2) is 9.18 Å². The molecule has 1 aromatic carbocycles. The molecular formula is C19H22FN3O2. The number of likely N-dealkylation sites (tertiary alicyclic amines) is 1. The van der Waals surface area contributed by atoms with Crippen molar-refractivity contribution >= 4 is 6.03 Å². The van der Waals surface area contributed by atoms with Crippen LogP contribution in [0.15, 0.2) is 47.4 Å². The Morgan fingerprint density at radius 2 is 2.04 bits per heavy atom. The van der Waals surface area contributed by atoms with Crippen molar-refractivity contribution in [2.75, 3.05) is 13.1 Å². The number of pyridine rings is 1. The van der Waals surface area contributed by atoms with Crippen LogP contribution in [-0.4, -0.2) is 29.0 Å². The quantitative estimate of drug-likeness (QED) is 0.896. The summed E-state index contributed by atoms with van der Waals surface area (Å²) in [5.74, 6) is 0.257. The van der Waals surface area contributed by atoms with Crippen molar-refractivity contribution in [3.63, 3.8) is 0 Å². The van der Waals surface area contributed by atoms with Gasteiger partial charge in [0.25, 0.3) is 5.56 Å². The van der Waals surface area contributed by atoms with Gasteiger partial charge in [-0.15, -0.1) is 0 Å². The molecule has 0 unspecified atom stereocenters. The lowest BCUT2D eigenvalue weighted by Crippen LogP contribution is -2.44. The Balaban J connectivity index is 1.46. The third kappa shape index (κ3) is 4.68. The minimum atomic E-state index is -0.204. The number of nitrogens with one attached hydrogen (secondary N) is 2. The smallest absolute Gasteiger partial charge is 0.317 e. The van der Waals surface area contributed by atoms with E-state index in [0.717, 1.165) is 24.8 Å². The molecule has 5 nitrogen and oxygen atoms in total. The SMILES string of the molecule is O=C(NCc1ccc[nH]c1=O)N1CCC(Cc2cccc(F)c2)CC1. The average Bonchev–Trinajstić information content (AvgIpc) is 2.61. The second kappa shape index (κ2) is 7.96. The number of hydrogen-bond donors (Lipinski definition) is 2. The number of benzene rings is 1. The molecule has 2 aromatic rings. The standard InChI is InChI=1S/C19H22FN3O2/c20-17-5-1-3-15(12-17)11-14-6-9-23(10-7-14)19(25)22-13-16-4-2-8-21-18(16)24/h1-5,8,12,14H,6-7,9-11,13H2,(H,21,24)(H,22,25). The highest BCUT2D eigenvalue weighted by Crippen LogP contribution is 2.22. The summed E-state index contributed by atoms with van der Waals surface area (Å²) in [6, 6.07) is 10.0. The molecule has 0 radical (unpaired) electrons. The third-order valence-corrected chi connectivity index (χ3v) is 4.64. The number of H-pyrrole nitrogens is 1. The van der Waals surface area contributed by atoms with Gasteiger partial charge >= 0.3 is 6.03 Å². The average molecular weight is 343 g/mol. The monoisotopic (exact) mass is 343 g/mol. The molecule has 1 aliphatic heterocycles. The Kier molecular flexibility index (Phi) is 5.48. The van der Waals surface area contributed by atoms with Crippen LogP contribution in [0.2, 0.25) is 0 Å². The van der Waals surface area contributed by atoms with Gasteiger partial charge in [-0.1, -0.05) is 18.2 Å². The number of carbonyl (C=O) groups excluding carboxylic acids is 1. The predicted octanol–water partition coefficient (Wildman–Crippen LogP) is 2.68. The maximum absolute atomic E-state index is 13.3. The third-order valence-electron chi connectivity index (χ3n) is 4.64. The van der Waals surface area contributed by atoms with Crippen LogP contribution in [0.25, 0.3) is 0 Å². The van der Waals surface area contributed by atoms with Gasteiger partial charge in [0.2, 0.25) is 0 Å². The van der Waals surface area contributed by atoms with E-state index in [-0.39, 0.29) is 24.0 Å². The number of carbonyl (C=O) groups is 1. The van der Waals surface area contributed by atoms with Crippen molar-refractivity contribution in [3.05, 3.63) is 69.9 Å². The Hall–Kier alpha value is -2.63. The zero-order valence-electron chi connectivity index (χ0n) is 14.0. The van der Waals surface area contributed by atoms with E-state index in [4.69, 9.17) is 0 Å². The fraction of sp³-hybridized carbons (Fsp3) is 0.368. The summed E-state index contributed by atoms with van der Waals surface area (Å²) in [6.07, 6.45) is 4.20. The molecule has 1 saturated heterocycles. The number of halogens is 1. The van der Waals surface area contributed by atoms with Gasteiger partial charge in [-0.3, -0.25) is 4.79 Å². The van der Waals surface area contributed by atoms with Crippen LogP contribution in [0.1, 0.15) is 24.0 Å². The van der Waals surface area contributed by atoms with E-state index in [0.29, 0.717) is 24.6 Å². The second-order valence-corrected chi connectivity index (χ2v) is 6.45. The topological polar surface area (TPSA) is 65.2 Å². The summed E-state index contributed by atoms with van der Waals surface area (Å²) < 4.78 is 13.3. The molecule has 6 heteroatoms. The number of aromatic nitrogens is 1. The first kappa shape index (κ1) is 17.2. The van der Waals surface area contributed by atoms with Crippen LogP contribution in [-0.2, 0) is 13.0 Å². The van der Waals surface area contributed by atoms with Crippen LogP contribution >= 0.6 is 0 Å². The molecule has 0 spiro atoms. The van der Waals surface area contributed by atoms with Crippen molar-refractivity contribution in [2.45, 2.75) is 25.8 Å². The van der Waals surface area contributed by atoms with E-state index in [2.05, 4.69) is 10.3 Å². The Morgan fingerprint density at radius 3 is 2.76 bits per heavy atom. The molecule has 132 valence electrons. The molecule has 0 saturated carbocycles. The Labute approximate surface area is 145 Å². The molecule has 1 fully saturated rings. The summed E-state index contributed by atoms with van der Waals surface area (Å²) >= 11 is 0. The van der Waals surface area contributed by atoms with E-state index in [1.807, 2.05) is 6.07 Å². The number of piperidine rings is 1. The normalized spacial score (nSPS) is 15.2. The number of aromatic amines is 1. The van der Waals surface area contributed by atoms with E-state index in [1.54, 1.807) is 35.4 Å². The zero-order chi connectivity index (χ0) is 17.6. The van der Waals surface area contributed by atoms with Crippen molar-refractivity contribution in [1.29, 1.82) is 0 Å². The van der Waals surface area contributed by atoms with Gasteiger partial charge < -0.3 is 15.2 Å². The molecule has 1 aliphatic rings. The second-order valence-electron chi connectivity index (χ2n) is 6.45. The van der Waals surface area contributed by atoms with E-state index in [9.17, 15) is 14.0 Å². The minimum Gasteiger partial charge on any atom is -0.334 e. The first-order valence-corrected chi connectivity index (χ1v) is 8.55. The fourth-order valence-corrected chi connectivity index (χ4v) is 3.22.